The number of rotatable bonds is 6. The van der Waals surface area contributed by atoms with Crippen LogP contribution in [0.4, 0.5) is 5.69 Å². The quantitative estimate of drug-likeness (QED) is 0.699. The molecule has 1 amide bonds. The lowest BCUT2D eigenvalue weighted by Gasteiger charge is -2.07. The molecule has 0 saturated carbocycles. The summed E-state index contributed by atoms with van der Waals surface area (Å²) in [5, 5.41) is 11.5. The van der Waals surface area contributed by atoms with Crippen LogP contribution in [0.1, 0.15) is 17.9 Å². The van der Waals surface area contributed by atoms with Crippen LogP contribution in [0, 0.1) is 6.92 Å². The Morgan fingerprint density at radius 3 is 2.85 bits per heavy atom. The van der Waals surface area contributed by atoms with Crippen molar-refractivity contribution in [1.82, 2.24) is 10.2 Å². The second-order valence-corrected chi connectivity index (χ2v) is 6.18. The summed E-state index contributed by atoms with van der Waals surface area (Å²) in [7, 11) is 1.60. The first-order chi connectivity index (χ1) is 12.5. The van der Waals surface area contributed by atoms with E-state index in [2.05, 4.69) is 15.5 Å². The second kappa shape index (κ2) is 8.01. The van der Waals surface area contributed by atoms with Crippen LogP contribution in [0.5, 0.6) is 5.75 Å². The van der Waals surface area contributed by atoms with Crippen LogP contribution in [0.3, 0.4) is 0 Å². The number of aromatic nitrogens is 2. The average Bonchev–Trinajstić information content (AvgIpc) is 3.11. The molecule has 6 nitrogen and oxygen atoms in total. The van der Waals surface area contributed by atoms with E-state index < -0.39 is 0 Å². The molecule has 1 N–H and O–H groups in total. The van der Waals surface area contributed by atoms with Gasteiger partial charge in [0.25, 0.3) is 0 Å². The summed E-state index contributed by atoms with van der Waals surface area (Å²) in [5.74, 6) is 1.38. The van der Waals surface area contributed by atoms with E-state index in [1.54, 1.807) is 25.3 Å². The topological polar surface area (TPSA) is 77.2 Å². The Labute approximate surface area is 156 Å². The highest BCUT2D eigenvalue weighted by molar-refractivity contribution is 6.30. The summed E-state index contributed by atoms with van der Waals surface area (Å²) in [5.41, 5.74) is 2.41. The lowest BCUT2D eigenvalue weighted by Crippen LogP contribution is -2.13. The molecular weight excluding hydrogens is 354 g/mol. The Balaban J connectivity index is 1.60. The fourth-order valence-electron chi connectivity index (χ4n) is 2.43. The van der Waals surface area contributed by atoms with E-state index in [9.17, 15) is 4.79 Å². The molecular formula is C19H18ClN3O3. The summed E-state index contributed by atoms with van der Waals surface area (Å²) in [6.45, 7) is 1.89. The Morgan fingerprint density at radius 1 is 1.23 bits per heavy atom. The molecule has 0 unspecified atom stereocenters. The first-order valence-corrected chi connectivity index (χ1v) is 8.46. The minimum absolute atomic E-state index is 0.128. The average molecular weight is 372 g/mol. The molecule has 134 valence electrons. The number of nitrogens with one attached hydrogen (secondary N) is 1. The number of halogens is 1. The zero-order chi connectivity index (χ0) is 18.5. The van der Waals surface area contributed by atoms with Gasteiger partial charge in [-0.25, -0.2) is 0 Å². The maximum absolute atomic E-state index is 12.1. The smallest absolute Gasteiger partial charge is 0.247 e. The van der Waals surface area contributed by atoms with Gasteiger partial charge in [0.05, 0.1) is 7.11 Å². The van der Waals surface area contributed by atoms with E-state index in [1.807, 2.05) is 31.2 Å². The zero-order valence-electron chi connectivity index (χ0n) is 14.5. The Morgan fingerprint density at radius 2 is 2.08 bits per heavy atom. The van der Waals surface area contributed by atoms with Crippen LogP contribution in [0.25, 0.3) is 11.5 Å². The number of hydrogen-bond donors (Lipinski definition) is 1. The minimum atomic E-state index is -0.128. The van der Waals surface area contributed by atoms with Crippen molar-refractivity contribution in [2.75, 3.05) is 12.4 Å². The molecule has 1 heterocycles. The molecule has 0 aliphatic rings. The van der Waals surface area contributed by atoms with Gasteiger partial charge < -0.3 is 14.5 Å². The SMILES string of the molecule is COc1cccc(-c2nnc(CCC(=O)Nc3ccc(Cl)cc3C)o2)c1. The predicted molar refractivity (Wildman–Crippen MR) is 99.4 cm³/mol. The first kappa shape index (κ1) is 17.9. The predicted octanol–water partition coefficient (Wildman–Crippen LogP) is 4.28. The zero-order valence-corrected chi connectivity index (χ0v) is 15.2. The van der Waals surface area contributed by atoms with Gasteiger partial charge >= 0.3 is 0 Å². The molecule has 0 saturated heterocycles. The van der Waals surface area contributed by atoms with Crippen molar-refractivity contribution < 1.29 is 13.9 Å². The summed E-state index contributed by atoms with van der Waals surface area (Å²) in [6.07, 6.45) is 0.594. The van der Waals surface area contributed by atoms with E-state index in [0.717, 1.165) is 16.8 Å². The molecule has 26 heavy (non-hydrogen) atoms. The van der Waals surface area contributed by atoms with Gasteiger partial charge in [0.1, 0.15) is 5.75 Å². The Bertz CT molecular complexity index is 924. The normalized spacial score (nSPS) is 10.6. The lowest BCUT2D eigenvalue weighted by atomic mass is 10.2. The molecule has 0 atom stereocenters. The largest absolute Gasteiger partial charge is 0.497 e. The van der Waals surface area contributed by atoms with E-state index in [-0.39, 0.29) is 12.3 Å². The molecule has 2 aromatic carbocycles. The number of anilines is 1. The molecule has 0 radical (unpaired) electrons. The molecule has 0 aliphatic heterocycles. The van der Waals surface area contributed by atoms with Gasteiger partial charge in [0.2, 0.25) is 17.7 Å². The van der Waals surface area contributed by atoms with Crippen molar-refractivity contribution in [3.05, 3.63) is 58.9 Å². The number of carbonyl (C=O) groups is 1. The number of ether oxygens (including phenoxy) is 1. The first-order valence-electron chi connectivity index (χ1n) is 8.08. The number of carbonyl (C=O) groups excluding carboxylic acids is 1. The monoisotopic (exact) mass is 371 g/mol. The third-order valence-electron chi connectivity index (χ3n) is 3.81. The van der Waals surface area contributed by atoms with E-state index in [1.165, 1.54) is 0 Å². The van der Waals surface area contributed by atoms with Crippen LogP contribution < -0.4 is 10.1 Å². The van der Waals surface area contributed by atoms with Crippen molar-refractivity contribution in [2.24, 2.45) is 0 Å². The number of amides is 1. The molecule has 0 aliphatic carbocycles. The highest BCUT2D eigenvalue weighted by atomic mass is 35.5. The molecule has 7 heteroatoms. The van der Waals surface area contributed by atoms with Crippen molar-refractivity contribution in [2.45, 2.75) is 19.8 Å². The molecule has 1 aromatic heterocycles. The maximum Gasteiger partial charge on any atom is 0.247 e. The number of hydrogen-bond acceptors (Lipinski definition) is 5. The third-order valence-corrected chi connectivity index (χ3v) is 4.05. The van der Waals surface area contributed by atoms with Crippen LogP contribution in [-0.2, 0) is 11.2 Å². The van der Waals surface area contributed by atoms with Crippen molar-refractivity contribution in [3.63, 3.8) is 0 Å². The van der Waals surface area contributed by atoms with Crippen molar-refractivity contribution in [1.29, 1.82) is 0 Å². The summed E-state index contributed by atoms with van der Waals surface area (Å²) >= 11 is 5.92. The Hall–Kier alpha value is -2.86. The fraction of sp³-hybridized carbons (Fsp3) is 0.211. The van der Waals surface area contributed by atoms with Crippen molar-refractivity contribution in [3.8, 4) is 17.2 Å². The highest BCUT2D eigenvalue weighted by Crippen LogP contribution is 2.23. The van der Waals surface area contributed by atoms with Gasteiger partial charge in [-0.2, -0.15) is 0 Å². The van der Waals surface area contributed by atoms with E-state index in [4.69, 9.17) is 20.8 Å². The van der Waals surface area contributed by atoms with Gasteiger partial charge in [-0.15, -0.1) is 10.2 Å². The van der Waals surface area contributed by atoms with E-state index >= 15 is 0 Å². The number of methoxy groups -OCH3 is 1. The molecule has 0 fully saturated rings. The minimum Gasteiger partial charge on any atom is -0.497 e. The summed E-state index contributed by atoms with van der Waals surface area (Å²) in [6, 6.07) is 12.7. The number of nitrogens with zero attached hydrogens (tertiary/aromatic N) is 2. The molecule has 0 spiro atoms. The van der Waals surface area contributed by atoms with Gasteiger partial charge in [0.15, 0.2) is 0 Å². The second-order valence-electron chi connectivity index (χ2n) is 5.74. The molecule has 3 aromatic rings. The van der Waals surface area contributed by atoms with Crippen molar-refractivity contribution >= 4 is 23.2 Å². The summed E-state index contributed by atoms with van der Waals surface area (Å²) in [4.78, 5) is 12.1. The van der Waals surface area contributed by atoms with Crippen LogP contribution in [0.2, 0.25) is 5.02 Å². The van der Waals surface area contributed by atoms with Crippen LogP contribution in [0.15, 0.2) is 46.9 Å². The lowest BCUT2D eigenvalue weighted by molar-refractivity contribution is -0.116. The van der Waals surface area contributed by atoms with Crippen LogP contribution in [-0.4, -0.2) is 23.2 Å². The summed E-state index contributed by atoms with van der Waals surface area (Å²) < 4.78 is 10.8. The van der Waals surface area contributed by atoms with Crippen LogP contribution >= 0.6 is 11.6 Å². The Kier molecular flexibility index (Phi) is 5.53. The highest BCUT2D eigenvalue weighted by Gasteiger charge is 2.12. The maximum atomic E-state index is 12.1. The van der Waals surface area contributed by atoms with Gasteiger partial charge in [-0.3, -0.25) is 4.79 Å². The van der Waals surface area contributed by atoms with Gasteiger partial charge in [0, 0.05) is 29.1 Å². The standard InChI is InChI=1S/C19H18ClN3O3/c1-12-10-14(20)6-7-16(12)21-17(24)8-9-18-22-23-19(26-18)13-4-3-5-15(11-13)25-2/h3-7,10-11H,8-9H2,1-2H3,(H,21,24). The number of aryl methyl sites for hydroxylation is 2. The molecule has 0 bridgehead atoms. The van der Waals surface area contributed by atoms with Gasteiger partial charge in [-0.05, 0) is 48.9 Å². The van der Waals surface area contributed by atoms with E-state index in [0.29, 0.717) is 29.0 Å². The third kappa shape index (κ3) is 4.40. The fourth-order valence-corrected chi connectivity index (χ4v) is 2.65. The van der Waals surface area contributed by atoms with Gasteiger partial charge in [-0.1, -0.05) is 17.7 Å². The number of benzene rings is 2. The molecule has 3 rings (SSSR count).